The van der Waals surface area contributed by atoms with E-state index < -0.39 is 0 Å². The minimum Gasteiger partial charge on any atom is -0.496 e. The number of hydrogen-bond acceptors (Lipinski definition) is 8. The van der Waals surface area contributed by atoms with Gasteiger partial charge in [0.05, 0.1) is 13.3 Å². The Morgan fingerprint density at radius 1 is 1.23 bits per heavy atom. The summed E-state index contributed by atoms with van der Waals surface area (Å²) in [6.45, 7) is 1.32. The van der Waals surface area contributed by atoms with Gasteiger partial charge in [0.25, 0.3) is 0 Å². The van der Waals surface area contributed by atoms with Crippen LogP contribution in [0.5, 0.6) is 5.75 Å². The summed E-state index contributed by atoms with van der Waals surface area (Å²) in [5.74, 6) is 3.94. The molecule has 0 aromatic carbocycles. The van der Waals surface area contributed by atoms with Crippen molar-refractivity contribution in [2.45, 2.75) is 44.7 Å². The fourth-order valence-electron chi connectivity index (χ4n) is 6.32. The van der Waals surface area contributed by atoms with Crippen molar-refractivity contribution in [1.29, 1.82) is 5.26 Å². The normalized spacial score (nSPS) is 30.6. The smallest absolute Gasteiger partial charge is 0.224 e. The van der Waals surface area contributed by atoms with Gasteiger partial charge in [-0.15, -0.1) is 0 Å². The third-order valence-corrected chi connectivity index (χ3v) is 7.53. The highest BCUT2D eigenvalue weighted by Gasteiger charge is 2.54. The first kappa shape index (κ1) is 20.0. The van der Waals surface area contributed by atoms with E-state index in [1.165, 1.54) is 32.1 Å². The number of nitrogens with two attached hydrogens (primary N) is 1. The summed E-state index contributed by atoms with van der Waals surface area (Å²) >= 11 is 0. The molecule has 0 radical (unpaired) electrons. The average molecular weight is 420 g/mol. The Morgan fingerprint density at radius 2 is 2.03 bits per heavy atom. The Morgan fingerprint density at radius 3 is 2.77 bits per heavy atom. The van der Waals surface area contributed by atoms with E-state index in [4.69, 9.17) is 10.5 Å². The van der Waals surface area contributed by atoms with Crippen LogP contribution in [0.3, 0.4) is 0 Å². The monoisotopic (exact) mass is 419 g/mol. The van der Waals surface area contributed by atoms with Gasteiger partial charge >= 0.3 is 0 Å². The first-order chi connectivity index (χ1) is 15.1. The van der Waals surface area contributed by atoms with Crippen molar-refractivity contribution in [1.82, 2.24) is 15.0 Å². The topological polar surface area (TPSA) is 122 Å². The van der Waals surface area contributed by atoms with Crippen LogP contribution in [-0.4, -0.2) is 34.6 Å². The highest BCUT2D eigenvalue weighted by atomic mass is 16.5. The highest BCUT2D eigenvalue weighted by Crippen LogP contribution is 2.59. The zero-order valence-corrected chi connectivity index (χ0v) is 17.8. The summed E-state index contributed by atoms with van der Waals surface area (Å²) in [5, 5.41) is 16.3. The average Bonchev–Trinajstić information content (AvgIpc) is 2.79. The maximum atomic E-state index is 9.55. The van der Waals surface area contributed by atoms with Gasteiger partial charge in [-0.05, 0) is 61.3 Å². The van der Waals surface area contributed by atoms with Gasteiger partial charge in [0.2, 0.25) is 5.95 Å². The summed E-state index contributed by atoms with van der Waals surface area (Å²) in [6.07, 6.45) is 11.3. The van der Waals surface area contributed by atoms with Crippen LogP contribution in [0.4, 0.5) is 11.8 Å². The lowest BCUT2D eigenvalue weighted by Crippen LogP contribution is -2.58. The Hall–Kier alpha value is -2.92. The highest BCUT2D eigenvalue weighted by molar-refractivity contribution is 5.53. The van der Waals surface area contributed by atoms with Crippen molar-refractivity contribution >= 4 is 11.8 Å². The Bertz CT molecular complexity index is 988. The predicted octanol–water partition coefficient (Wildman–Crippen LogP) is 2.93. The number of hydrogen-bond donors (Lipinski definition) is 3. The van der Waals surface area contributed by atoms with Gasteiger partial charge in [-0.25, -0.2) is 4.98 Å². The van der Waals surface area contributed by atoms with Crippen LogP contribution in [0.2, 0.25) is 0 Å². The number of nitrogens with zero attached hydrogens (tertiary/aromatic N) is 4. The van der Waals surface area contributed by atoms with E-state index in [2.05, 4.69) is 31.7 Å². The standard InChI is InChI=1S/C23H29N7O/c1-31-19-2-3-26-10-18(19)12-28-22-27-11-17(9-24)21(30-22)29-13-23-6-14-4-15(7-23)20(25)16(5-14)8-23/h2-3,10-11,14-16,20H,4-8,12-13,25H2,1H3,(H2,27,28,29,30)/t14?,15-,16+,20-,23-. The second-order valence-electron chi connectivity index (χ2n) is 9.51. The van der Waals surface area contributed by atoms with Gasteiger partial charge in [0.15, 0.2) is 0 Å². The predicted molar refractivity (Wildman–Crippen MR) is 117 cm³/mol. The molecule has 2 heterocycles. The van der Waals surface area contributed by atoms with Gasteiger partial charge < -0.3 is 21.1 Å². The first-order valence-corrected chi connectivity index (χ1v) is 11.1. The molecule has 0 saturated heterocycles. The number of methoxy groups -OCH3 is 1. The lowest BCUT2D eigenvalue weighted by Gasteiger charge is -2.59. The Labute approximate surface area is 182 Å². The summed E-state index contributed by atoms with van der Waals surface area (Å²) in [5.41, 5.74) is 8.15. The summed E-state index contributed by atoms with van der Waals surface area (Å²) in [7, 11) is 1.64. The third-order valence-electron chi connectivity index (χ3n) is 7.53. The molecular weight excluding hydrogens is 390 g/mol. The van der Waals surface area contributed by atoms with Crippen molar-refractivity contribution < 1.29 is 4.74 Å². The molecule has 4 aliphatic rings. The molecule has 0 amide bonds. The number of aromatic nitrogens is 3. The maximum absolute atomic E-state index is 9.55. The number of anilines is 2. The molecule has 8 nitrogen and oxygen atoms in total. The van der Waals surface area contributed by atoms with Crippen molar-refractivity contribution in [3.63, 3.8) is 0 Å². The zero-order chi connectivity index (χ0) is 21.4. The van der Waals surface area contributed by atoms with Gasteiger partial charge in [0.1, 0.15) is 23.2 Å². The molecule has 4 bridgehead atoms. The summed E-state index contributed by atoms with van der Waals surface area (Å²) in [4.78, 5) is 13.1. The molecule has 8 heteroatoms. The van der Waals surface area contributed by atoms with Crippen LogP contribution in [-0.2, 0) is 6.54 Å². The quantitative estimate of drug-likeness (QED) is 0.626. The van der Waals surface area contributed by atoms with Crippen LogP contribution in [0, 0.1) is 34.5 Å². The molecule has 4 saturated carbocycles. The second-order valence-corrected chi connectivity index (χ2v) is 9.51. The molecule has 4 fully saturated rings. The van der Waals surface area contributed by atoms with Crippen LogP contribution >= 0.6 is 0 Å². The van der Waals surface area contributed by atoms with Crippen LogP contribution in [0.15, 0.2) is 24.7 Å². The SMILES string of the molecule is COc1ccncc1CNc1ncc(C#N)c(NC[C@]23CC4C[C@H](C2)[C@@H](N)[C@@H](C4)C3)n1. The van der Waals surface area contributed by atoms with Gasteiger partial charge in [-0.3, -0.25) is 4.98 Å². The molecule has 5 atom stereocenters. The molecule has 4 aliphatic carbocycles. The second kappa shape index (κ2) is 7.97. The van der Waals surface area contributed by atoms with Crippen molar-refractivity contribution in [2.24, 2.45) is 28.9 Å². The fourth-order valence-corrected chi connectivity index (χ4v) is 6.32. The van der Waals surface area contributed by atoms with Gasteiger partial charge in [-0.2, -0.15) is 10.2 Å². The van der Waals surface area contributed by atoms with Crippen LogP contribution < -0.4 is 21.1 Å². The number of nitrogens with one attached hydrogen (secondary N) is 2. The largest absolute Gasteiger partial charge is 0.496 e. The number of rotatable bonds is 7. The van der Waals surface area contributed by atoms with E-state index in [0.717, 1.165) is 23.8 Å². The van der Waals surface area contributed by atoms with E-state index in [9.17, 15) is 5.26 Å². The van der Waals surface area contributed by atoms with E-state index in [0.29, 0.717) is 41.8 Å². The molecule has 1 unspecified atom stereocenters. The summed E-state index contributed by atoms with van der Waals surface area (Å²) < 4.78 is 5.37. The molecule has 2 aromatic rings. The molecule has 6 rings (SSSR count). The summed E-state index contributed by atoms with van der Waals surface area (Å²) in [6, 6.07) is 4.41. The molecular formula is C23H29N7O. The molecule has 162 valence electrons. The third kappa shape index (κ3) is 3.79. The number of ether oxygens (including phenoxy) is 1. The zero-order valence-electron chi connectivity index (χ0n) is 17.8. The van der Waals surface area contributed by atoms with Crippen LogP contribution in [0.25, 0.3) is 0 Å². The van der Waals surface area contributed by atoms with E-state index in [-0.39, 0.29) is 5.41 Å². The van der Waals surface area contributed by atoms with Crippen molar-refractivity contribution in [2.75, 3.05) is 24.3 Å². The molecule has 2 aromatic heterocycles. The molecule has 0 aliphatic heterocycles. The maximum Gasteiger partial charge on any atom is 0.224 e. The van der Waals surface area contributed by atoms with Crippen molar-refractivity contribution in [3.8, 4) is 11.8 Å². The van der Waals surface area contributed by atoms with Gasteiger partial charge in [0, 0.05) is 37.1 Å². The van der Waals surface area contributed by atoms with E-state index >= 15 is 0 Å². The Kier molecular flexibility index (Phi) is 5.14. The lowest BCUT2D eigenvalue weighted by atomic mass is 9.48. The molecule has 31 heavy (non-hydrogen) atoms. The first-order valence-electron chi connectivity index (χ1n) is 11.1. The lowest BCUT2D eigenvalue weighted by molar-refractivity contribution is -0.0591. The van der Waals surface area contributed by atoms with Crippen molar-refractivity contribution in [3.05, 3.63) is 35.8 Å². The van der Waals surface area contributed by atoms with E-state index in [1.807, 2.05) is 6.07 Å². The van der Waals surface area contributed by atoms with Crippen LogP contribution in [0.1, 0.15) is 43.2 Å². The Balaban J connectivity index is 1.29. The molecule has 0 spiro atoms. The number of nitriles is 1. The fraction of sp³-hybridized carbons (Fsp3) is 0.565. The molecule has 4 N–H and O–H groups in total. The van der Waals surface area contributed by atoms with E-state index in [1.54, 1.807) is 25.7 Å². The minimum absolute atomic E-state index is 0.278. The minimum atomic E-state index is 0.278. The van der Waals surface area contributed by atoms with Gasteiger partial charge in [-0.1, -0.05) is 0 Å². The number of pyridine rings is 1.